The summed E-state index contributed by atoms with van der Waals surface area (Å²) in [5, 5.41) is 13.3. The number of ether oxygens (including phenoxy) is 2. The van der Waals surface area contributed by atoms with Crippen molar-refractivity contribution in [1.29, 1.82) is 0 Å². The van der Waals surface area contributed by atoms with Crippen LogP contribution in [-0.4, -0.2) is 74.7 Å². The Kier molecular flexibility index (Phi) is 14.0. The predicted molar refractivity (Wildman–Crippen MR) is 109 cm³/mol. The molecule has 0 amide bonds. The third-order valence-corrected chi connectivity index (χ3v) is 3.69. The Morgan fingerprint density at radius 3 is 2.67 bits per heavy atom. The molecule has 1 aliphatic rings. The molecular formula is C17H36IN3O3. The number of aliphatic hydroxyl groups excluding tert-OH is 1. The Bertz CT molecular complexity index is 343. The predicted octanol–water partition coefficient (Wildman–Crippen LogP) is 1.96. The standard InChI is InChI=1S/C17H35N3O3.HI/c1-5-18-17(19-9-16(21)13-23-11-14(3)4)20-8-7-15(10-20)12-22-6-2;/h14-16,21H,5-13H2,1-4H3,(H,18,19);1H. The lowest BCUT2D eigenvalue weighted by atomic mass is 10.1. The normalized spacial score (nSPS) is 19.5. The van der Waals surface area contributed by atoms with E-state index in [-0.39, 0.29) is 24.0 Å². The molecule has 7 heteroatoms. The molecule has 24 heavy (non-hydrogen) atoms. The van der Waals surface area contributed by atoms with Gasteiger partial charge in [-0.05, 0) is 26.2 Å². The van der Waals surface area contributed by atoms with Crippen molar-refractivity contribution in [3.8, 4) is 0 Å². The maximum atomic E-state index is 9.99. The SMILES string of the molecule is CCNC(=NCC(O)COCC(C)C)N1CCC(COCC)C1.I. The summed E-state index contributed by atoms with van der Waals surface area (Å²) in [4.78, 5) is 6.83. The molecule has 1 heterocycles. The van der Waals surface area contributed by atoms with Crippen molar-refractivity contribution in [3.05, 3.63) is 0 Å². The van der Waals surface area contributed by atoms with Crippen LogP contribution in [0.1, 0.15) is 34.1 Å². The third-order valence-electron chi connectivity index (χ3n) is 3.69. The first-order valence-corrected chi connectivity index (χ1v) is 8.93. The maximum absolute atomic E-state index is 9.99. The highest BCUT2D eigenvalue weighted by Crippen LogP contribution is 2.16. The van der Waals surface area contributed by atoms with Crippen LogP contribution in [0.3, 0.4) is 0 Å². The lowest BCUT2D eigenvalue weighted by Crippen LogP contribution is -2.41. The van der Waals surface area contributed by atoms with Crippen molar-refractivity contribution in [2.24, 2.45) is 16.8 Å². The molecule has 1 rings (SSSR count). The second-order valence-corrected chi connectivity index (χ2v) is 6.54. The number of halogens is 1. The number of rotatable bonds is 10. The largest absolute Gasteiger partial charge is 0.389 e. The number of aliphatic imine (C=N–C) groups is 1. The zero-order valence-electron chi connectivity index (χ0n) is 15.7. The second kappa shape index (κ2) is 14.1. The molecule has 0 radical (unpaired) electrons. The fraction of sp³-hybridized carbons (Fsp3) is 0.941. The summed E-state index contributed by atoms with van der Waals surface area (Å²) in [6.45, 7) is 14.0. The molecule has 2 atom stereocenters. The van der Waals surface area contributed by atoms with E-state index >= 15 is 0 Å². The topological polar surface area (TPSA) is 66.3 Å². The molecule has 144 valence electrons. The maximum Gasteiger partial charge on any atom is 0.194 e. The number of nitrogens with zero attached hydrogens (tertiary/aromatic N) is 2. The summed E-state index contributed by atoms with van der Waals surface area (Å²) >= 11 is 0. The molecule has 0 saturated carbocycles. The minimum Gasteiger partial charge on any atom is -0.389 e. The average Bonchev–Trinajstić information content (AvgIpc) is 2.97. The van der Waals surface area contributed by atoms with E-state index in [2.05, 4.69) is 36.0 Å². The van der Waals surface area contributed by atoms with E-state index in [1.54, 1.807) is 0 Å². The van der Waals surface area contributed by atoms with Gasteiger partial charge in [0.15, 0.2) is 5.96 Å². The Morgan fingerprint density at radius 1 is 1.29 bits per heavy atom. The van der Waals surface area contributed by atoms with Crippen LogP contribution in [0.15, 0.2) is 4.99 Å². The Hall–Kier alpha value is -0.120. The summed E-state index contributed by atoms with van der Waals surface area (Å²) in [5.41, 5.74) is 0. The van der Waals surface area contributed by atoms with Gasteiger partial charge in [-0.3, -0.25) is 4.99 Å². The van der Waals surface area contributed by atoms with Crippen LogP contribution in [0, 0.1) is 11.8 Å². The van der Waals surface area contributed by atoms with Gasteiger partial charge in [-0.2, -0.15) is 0 Å². The van der Waals surface area contributed by atoms with Crippen LogP contribution >= 0.6 is 24.0 Å². The van der Waals surface area contributed by atoms with Gasteiger partial charge >= 0.3 is 0 Å². The number of nitrogens with one attached hydrogen (secondary N) is 1. The number of guanidine groups is 1. The highest BCUT2D eigenvalue weighted by Gasteiger charge is 2.25. The highest BCUT2D eigenvalue weighted by atomic mass is 127. The zero-order valence-corrected chi connectivity index (χ0v) is 18.0. The number of hydrogen-bond donors (Lipinski definition) is 2. The van der Waals surface area contributed by atoms with Crippen LogP contribution in [0.25, 0.3) is 0 Å². The van der Waals surface area contributed by atoms with Crippen LogP contribution in [0.2, 0.25) is 0 Å². The van der Waals surface area contributed by atoms with Crippen molar-refractivity contribution >= 4 is 29.9 Å². The van der Waals surface area contributed by atoms with E-state index in [1.165, 1.54) is 0 Å². The van der Waals surface area contributed by atoms with Gasteiger partial charge < -0.3 is 24.8 Å². The average molecular weight is 457 g/mol. The number of likely N-dealkylation sites (tertiary alicyclic amines) is 1. The van der Waals surface area contributed by atoms with Crippen LogP contribution in [0.4, 0.5) is 0 Å². The molecule has 1 fully saturated rings. The molecule has 2 unspecified atom stereocenters. The molecule has 1 aliphatic heterocycles. The van der Waals surface area contributed by atoms with E-state index in [1.807, 2.05) is 6.92 Å². The molecule has 0 bridgehead atoms. The van der Waals surface area contributed by atoms with Gasteiger partial charge in [-0.1, -0.05) is 13.8 Å². The lowest BCUT2D eigenvalue weighted by Gasteiger charge is -2.22. The molecule has 6 nitrogen and oxygen atoms in total. The fourth-order valence-electron chi connectivity index (χ4n) is 2.56. The van der Waals surface area contributed by atoms with Crippen molar-refractivity contribution in [1.82, 2.24) is 10.2 Å². The highest BCUT2D eigenvalue weighted by molar-refractivity contribution is 14.0. The quantitative estimate of drug-likeness (QED) is 0.298. The van der Waals surface area contributed by atoms with E-state index < -0.39 is 6.10 Å². The van der Waals surface area contributed by atoms with Crippen molar-refractivity contribution in [2.45, 2.75) is 40.2 Å². The first-order valence-electron chi connectivity index (χ1n) is 8.93. The second-order valence-electron chi connectivity index (χ2n) is 6.54. The van der Waals surface area contributed by atoms with Gasteiger partial charge in [0.25, 0.3) is 0 Å². The fourth-order valence-corrected chi connectivity index (χ4v) is 2.56. The first kappa shape index (κ1) is 23.9. The Labute approximate surface area is 164 Å². The van der Waals surface area contributed by atoms with Gasteiger partial charge in [0, 0.05) is 38.8 Å². The van der Waals surface area contributed by atoms with Crippen molar-refractivity contribution in [3.63, 3.8) is 0 Å². The molecule has 2 N–H and O–H groups in total. The summed E-state index contributed by atoms with van der Waals surface area (Å²) in [6.07, 6.45) is 0.578. The number of hydrogen-bond acceptors (Lipinski definition) is 4. The molecule has 0 spiro atoms. The summed E-state index contributed by atoms with van der Waals surface area (Å²) in [5.74, 6) is 1.93. The zero-order chi connectivity index (χ0) is 17.1. The van der Waals surface area contributed by atoms with Gasteiger partial charge in [0.2, 0.25) is 0 Å². The molecule has 0 aromatic rings. The van der Waals surface area contributed by atoms with Gasteiger partial charge in [-0.15, -0.1) is 24.0 Å². The van der Waals surface area contributed by atoms with E-state index in [4.69, 9.17) is 9.47 Å². The summed E-state index contributed by atoms with van der Waals surface area (Å²) in [7, 11) is 0. The first-order chi connectivity index (χ1) is 11.1. The molecule has 0 aromatic heterocycles. The monoisotopic (exact) mass is 457 g/mol. The smallest absolute Gasteiger partial charge is 0.194 e. The van der Waals surface area contributed by atoms with Crippen molar-refractivity contribution in [2.75, 3.05) is 52.6 Å². The Morgan fingerprint density at radius 2 is 2.04 bits per heavy atom. The Balaban J connectivity index is 0.00000529. The van der Waals surface area contributed by atoms with Crippen LogP contribution in [0.5, 0.6) is 0 Å². The minimum absolute atomic E-state index is 0. The molecule has 0 aromatic carbocycles. The van der Waals surface area contributed by atoms with Gasteiger partial charge in [0.05, 0.1) is 25.9 Å². The summed E-state index contributed by atoms with van der Waals surface area (Å²) < 4.78 is 11.0. The summed E-state index contributed by atoms with van der Waals surface area (Å²) in [6, 6.07) is 0. The number of aliphatic hydroxyl groups is 1. The van der Waals surface area contributed by atoms with E-state index in [9.17, 15) is 5.11 Å². The molecule has 0 aliphatic carbocycles. The van der Waals surface area contributed by atoms with Gasteiger partial charge in [-0.25, -0.2) is 0 Å². The van der Waals surface area contributed by atoms with Crippen molar-refractivity contribution < 1.29 is 14.6 Å². The molecule has 1 saturated heterocycles. The van der Waals surface area contributed by atoms with Crippen LogP contribution in [-0.2, 0) is 9.47 Å². The van der Waals surface area contributed by atoms with Gasteiger partial charge in [0.1, 0.15) is 0 Å². The minimum atomic E-state index is -0.552. The molecular weight excluding hydrogens is 421 g/mol. The van der Waals surface area contributed by atoms with E-state index in [0.29, 0.717) is 31.6 Å². The van der Waals surface area contributed by atoms with Crippen LogP contribution < -0.4 is 5.32 Å². The third kappa shape index (κ3) is 10.0. The lowest BCUT2D eigenvalue weighted by molar-refractivity contribution is 0.0300. The van der Waals surface area contributed by atoms with E-state index in [0.717, 1.165) is 45.2 Å².